The van der Waals surface area contributed by atoms with E-state index >= 15 is 0 Å². The summed E-state index contributed by atoms with van der Waals surface area (Å²) in [6.45, 7) is 8.57. The Morgan fingerprint density at radius 3 is 2.50 bits per heavy atom. The summed E-state index contributed by atoms with van der Waals surface area (Å²) in [6, 6.07) is -0.553. The first-order valence-electron chi connectivity index (χ1n) is 4.73. The van der Waals surface area contributed by atoms with Gasteiger partial charge in [0.25, 0.3) is 5.17 Å². The lowest BCUT2D eigenvalue weighted by molar-refractivity contribution is 0.0649. The zero-order valence-electron chi connectivity index (χ0n) is 9.18. The van der Waals surface area contributed by atoms with E-state index in [-0.39, 0.29) is 5.60 Å². The lowest BCUT2D eigenvalue weighted by Gasteiger charge is -2.41. The zero-order valence-corrected chi connectivity index (χ0v) is 8.99. The third kappa shape index (κ3) is 2.34. The van der Waals surface area contributed by atoms with Crippen molar-refractivity contribution in [3.8, 4) is 0 Å². The second-order valence-electron chi connectivity index (χ2n) is 4.12. The van der Waals surface area contributed by atoms with E-state index in [2.05, 4.69) is 0 Å². The van der Waals surface area contributed by atoms with Gasteiger partial charge in [-0.25, -0.2) is 0 Å². The van der Waals surface area contributed by atoms with Crippen LogP contribution in [-0.4, -0.2) is 28.2 Å². The van der Waals surface area contributed by atoms with Crippen molar-refractivity contribution in [1.29, 1.82) is 0 Å². The summed E-state index contributed by atoms with van der Waals surface area (Å²) in [5.74, 6) is 0. The van der Waals surface area contributed by atoms with Gasteiger partial charge in [-0.2, -0.15) is 0 Å². The van der Waals surface area contributed by atoms with Crippen molar-refractivity contribution in [2.45, 2.75) is 45.7 Å². The highest BCUT2D eigenvalue weighted by Gasteiger charge is 2.28. The molecule has 0 aliphatic carbocycles. The van der Waals surface area contributed by atoms with Crippen LogP contribution in [0.1, 0.15) is 35.5 Å². The maximum atomic E-state index is 7.82. The van der Waals surface area contributed by atoms with Crippen molar-refractivity contribution in [3.63, 3.8) is 0 Å². The molecule has 1 aliphatic heterocycles. The van der Waals surface area contributed by atoms with Crippen molar-refractivity contribution in [1.82, 2.24) is 4.90 Å². The van der Waals surface area contributed by atoms with Crippen LogP contribution in [0.2, 0.25) is 0 Å². The molecule has 0 radical (unpaired) electrons. The van der Waals surface area contributed by atoms with Crippen LogP contribution in [0.15, 0.2) is 0 Å². The van der Waals surface area contributed by atoms with Crippen LogP contribution in [0.4, 0.5) is 0 Å². The molecule has 0 saturated carbocycles. The fourth-order valence-corrected chi connectivity index (χ4v) is 1.51. The summed E-state index contributed by atoms with van der Waals surface area (Å²) in [4.78, 5) is 1.81. The van der Waals surface area contributed by atoms with E-state index in [0.717, 1.165) is 13.0 Å². The van der Waals surface area contributed by atoms with Gasteiger partial charge < -0.3 is 9.64 Å². The van der Waals surface area contributed by atoms with E-state index in [1.807, 2.05) is 32.6 Å². The predicted molar refractivity (Wildman–Crippen MR) is 54.2 cm³/mol. The van der Waals surface area contributed by atoms with Crippen molar-refractivity contribution >= 4 is 17.4 Å². The van der Waals surface area contributed by atoms with E-state index in [4.69, 9.17) is 18.3 Å². The molecule has 0 aromatic carbocycles. The summed E-state index contributed by atoms with van der Waals surface area (Å²) in [5, 5.41) is 0.455. The Kier molecular flexibility index (Phi) is 2.22. The molecule has 0 bridgehead atoms. The van der Waals surface area contributed by atoms with Gasteiger partial charge >= 0.3 is 0 Å². The third-order valence-electron chi connectivity index (χ3n) is 1.77. The number of thiocarbonyl (C=S) groups is 1. The minimum absolute atomic E-state index is 0.261. The van der Waals surface area contributed by atoms with Crippen LogP contribution in [0.25, 0.3) is 0 Å². The quantitative estimate of drug-likeness (QED) is 0.541. The first-order chi connectivity index (χ1) is 5.72. The standard InChI is InChI=1S/C9H17NOS/c1-7-5-6-10(7)8(12)11-9(2,3)4/h7H,5-6H2,1-4H3/i7D. The molecule has 0 amide bonds. The Morgan fingerprint density at radius 1 is 1.67 bits per heavy atom. The van der Waals surface area contributed by atoms with Crippen LogP contribution in [0.3, 0.4) is 0 Å². The Balaban J connectivity index is 2.50. The topological polar surface area (TPSA) is 12.5 Å². The average molecular weight is 188 g/mol. The van der Waals surface area contributed by atoms with Crippen LogP contribution >= 0.6 is 12.2 Å². The fraction of sp³-hybridized carbons (Fsp3) is 0.889. The number of rotatable bonds is 0. The number of nitrogens with zero attached hydrogens (tertiary/aromatic N) is 1. The van der Waals surface area contributed by atoms with E-state index < -0.39 is 6.02 Å². The van der Waals surface area contributed by atoms with Gasteiger partial charge in [-0.05, 0) is 46.3 Å². The summed E-state index contributed by atoms with van der Waals surface area (Å²) in [5.41, 5.74) is -0.261. The molecular formula is C9H17NOS. The van der Waals surface area contributed by atoms with Gasteiger partial charge in [-0.1, -0.05) is 0 Å². The lowest BCUT2D eigenvalue weighted by atomic mass is 10.1. The fourth-order valence-electron chi connectivity index (χ4n) is 1.01. The zero-order chi connectivity index (χ0) is 10.3. The molecule has 0 aromatic rings. The molecule has 0 aromatic heterocycles. The minimum Gasteiger partial charge on any atom is -0.465 e. The Morgan fingerprint density at radius 2 is 2.25 bits per heavy atom. The molecule has 1 fully saturated rings. The molecule has 1 unspecified atom stereocenters. The highest BCUT2D eigenvalue weighted by atomic mass is 32.1. The molecule has 12 heavy (non-hydrogen) atoms. The smallest absolute Gasteiger partial charge is 0.260 e. The van der Waals surface area contributed by atoms with Gasteiger partial charge in [0.2, 0.25) is 0 Å². The van der Waals surface area contributed by atoms with Gasteiger partial charge in [-0.3, -0.25) is 0 Å². The molecule has 1 aliphatic rings. The SMILES string of the molecule is [2H]C1(C)CCN1C(=S)OC(C)(C)C. The summed E-state index contributed by atoms with van der Waals surface area (Å²) >= 11 is 5.11. The van der Waals surface area contributed by atoms with Crippen molar-refractivity contribution in [2.24, 2.45) is 0 Å². The van der Waals surface area contributed by atoms with Gasteiger partial charge in [-0.15, -0.1) is 0 Å². The minimum atomic E-state index is -0.553. The summed E-state index contributed by atoms with van der Waals surface area (Å²) < 4.78 is 13.3. The molecule has 1 rings (SSSR count). The number of likely N-dealkylation sites (tertiary alicyclic amines) is 1. The number of hydrogen-bond donors (Lipinski definition) is 0. The molecule has 3 heteroatoms. The molecule has 1 atom stereocenters. The largest absolute Gasteiger partial charge is 0.465 e. The number of hydrogen-bond acceptors (Lipinski definition) is 2. The molecule has 0 spiro atoms. The molecule has 1 saturated heterocycles. The van der Waals surface area contributed by atoms with E-state index in [0.29, 0.717) is 5.17 Å². The van der Waals surface area contributed by atoms with Gasteiger partial charge in [0, 0.05) is 12.6 Å². The van der Waals surface area contributed by atoms with Crippen molar-refractivity contribution < 1.29 is 6.11 Å². The Labute approximate surface area is 81.3 Å². The molecule has 0 N–H and O–H groups in total. The maximum Gasteiger partial charge on any atom is 0.260 e. The first kappa shape index (κ1) is 8.30. The lowest BCUT2D eigenvalue weighted by Crippen LogP contribution is -2.50. The van der Waals surface area contributed by atoms with E-state index in [1.165, 1.54) is 0 Å². The van der Waals surface area contributed by atoms with Crippen LogP contribution < -0.4 is 0 Å². The normalized spacial score (nSPS) is 30.7. The van der Waals surface area contributed by atoms with Crippen molar-refractivity contribution in [2.75, 3.05) is 6.54 Å². The van der Waals surface area contributed by atoms with Gasteiger partial charge in [0.05, 0.1) is 1.37 Å². The van der Waals surface area contributed by atoms with Crippen molar-refractivity contribution in [3.05, 3.63) is 0 Å². The molecule has 1 heterocycles. The van der Waals surface area contributed by atoms with Gasteiger partial charge in [0.15, 0.2) is 0 Å². The Bertz CT molecular complexity index is 222. The maximum absolute atomic E-state index is 7.82. The number of ether oxygens (including phenoxy) is 1. The highest BCUT2D eigenvalue weighted by molar-refractivity contribution is 7.80. The first-order valence-corrected chi connectivity index (χ1v) is 4.64. The van der Waals surface area contributed by atoms with Crippen LogP contribution in [0.5, 0.6) is 0 Å². The monoisotopic (exact) mass is 188 g/mol. The average Bonchev–Trinajstić information content (AvgIpc) is 1.80. The van der Waals surface area contributed by atoms with E-state index in [9.17, 15) is 0 Å². The molecule has 70 valence electrons. The third-order valence-corrected chi connectivity index (χ3v) is 2.08. The van der Waals surface area contributed by atoms with Crippen LogP contribution in [-0.2, 0) is 4.74 Å². The summed E-state index contributed by atoms with van der Waals surface area (Å²) in [6.07, 6.45) is 0.862. The Hall–Kier alpha value is -0.310. The second-order valence-corrected chi connectivity index (χ2v) is 4.47. The van der Waals surface area contributed by atoms with Gasteiger partial charge in [0.1, 0.15) is 5.60 Å². The summed E-state index contributed by atoms with van der Waals surface area (Å²) in [7, 11) is 0. The molecular weight excluding hydrogens is 170 g/mol. The van der Waals surface area contributed by atoms with Crippen LogP contribution in [0, 0.1) is 0 Å². The van der Waals surface area contributed by atoms with E-state index in [1.54, 1.807) is 0 Å². The molecule has 2 nitrogen and oxygen atoms in total. The highest BCUT2D eigenvalue weighted by Crippen LogP contribution is 2.20. The second kappa shape index (κ2) is 3.21. The predicted octanol–water partition coefficient (Wildman–Crippen LogP) is 2.18.